The van der Waals surface area contributed by atoms with Gasteiger partial charge in [0, 0.05) is 42.3 Å². The fourth-order valence-electron chi connectivity index (χ4n) is 5.30. The SMILES string of the molecule is CCCCn1c(-c2ccccc2)nc(-c2ccc(Cl)cc2)c1CN(Cc1ccc(OC(F)F)cc1)Cc1ccc(OC(F)F)cc1. The Morgan fingerprint density at radius 1 is 0.696 bits per heavy atom. The van der Waals surface area contributed by atoms with Crippen molar-refractivity contribution in [2.45, 2.75) is 59.2 Å². The second-order valence-corrected chi connectivity index (χ2v) is 11.2. The molecule has 4 aromatic carbocycles. The third-order valence-corrected chi connectivity index (χ3v) is 7.69. The molecule has 0 spiro atoms. The van der Waals surface area contributed by atoms with E-state index in [1.54, 1.807) is 24.3 Å². The topological polar surface area (TPSA) is 39.5 Å². The van der Waals surface area contributed by atoms with E-state index in [-0.39, 0.29) is 11.5 Å². The van der Waals surface area contributed by atoms with E-state index in [0.29, 0.717) is 24.7 Å². The molecule has 0 atom stereocenters. The summed E-state index contributed by atoms with van der Waals surface area (Å²) in [7, 11) is 0. The van der Waals surface area contributed by atoms with E-state index >= 15 is 0 Å². The summed E-state index contributed by atoms with van der Waals surface area (Å²) >= 11 is 6.25. The molecule has 1 heterocycles. The molecule has 0 bridgehead atoms. The molecule has 0 saturated heterocycles. The molecule has 240 valence electrons. The Morgan fingerprint density at radius 2 is 1.24 bits per heavy atom. The van der Waals surface area contributed by atoms with Crippen LogP contribution in [0.1, 0.15) is 36.6 Å². The smallest absolute Gasteiger partial charge is 0.387 e. The maximum Gasteiger partial charge on any atom is 0.387 e. The minimum atomic E-state index is -2.91. The summed E-state index contributed by atoms with van der Waals surface area (Å²) in [6.45, 7) is -1.52. The van der Waals surface area contributed by atoms with Gasteiger partial charge in [-0.15, -0.1) is 0 Å². The molecule has 0 radical (unpaired) electrons. The lowest BCUT2D eigenvalue weighted by Crippen LogP contribution is -2.24. The molecular weight excluding hydrogens is 618 g/mol. The van der Waals surface area contributed by atoms with Gasteiger partial charge in [-0.2, -0.15) is 17.6 Å². The van der Waals surface area contributed by atoms with Crippen LogP contribution in [0.5, 0.6) is 11.5 Å². The molecule has 0 aliphatic heterocycles. The van der Waals surface area contributed by atoms with Crippen molar-refractivity contribution >= 4 is 11.6 Å². The van der Waals surface area contributed by atoms with Gasteiger partial charge in [0.2, 0.25) is 0 Å². The number of hydrogen-bond acceptors (Lipinski definition) is 4. The van der Waals surface area contributed by atoms with Crippen molar-refractivity contribution in [2.75, 3.05) is 0 Å². The molecule has 0 amide bonds. The Hall–Kier alpha value is -4.34. The summed E-state index contributed by atoms with van der Waals surface area (Å²) in [4.78, 5) is 7.40. The summed E-state index contributed by atoms with van der Waals surface area (Å²) in [5.41, 5.74) is 5.53. The first-order chi connectivity index (χ1) is 22.3. The van der Waals surface area contributed by atoms with E-state index in [9.17, 15) is 17.6 Å². The second kappa shape index (κ2) is 15.8. The van der Waals surface area contributed by atoms with Gasteiger partial charge in [-0.25, -0.2) is 4.98 Å². The first-order valence-electron chi connectivity index (χ1n) is 15.0. The summed E-state index contributed by atoms with van der Waals surface area (Å²) in [6.07, 6.45) is 1.94. The Balaban J connectivity index is 1.56. The van der Waals surface area contributed by atoms with Gasteiger partial charge in [-0.05, 0) is 53.9 Å². The molecular formula is C36H34ClF4N3O2. The highest BCUT2D eigenvalue weighted by atomic mass is 35.5. The van der Waals surface area contributed by atoms with Crippen LogP contribution in [-0.2, 0) is 26.2 Å². The molecule has 0 aliphatic rings. The summed E-state index contributed by atoms with van der Waals surface area (Å²) in [5.74, 6) is 1.01. The van der Waals surface area contributed by atoms with Gasteiger partial charge in [0.1, 0.15) is 17.3 Å². The van der Waals surface area contributed by atoms with Crippen molar-refractivity contribution in [3.63, 3.8) is 0 Å². The van der Waals surface area contributed by atoms with E-state index in [2.05, 4.69) is 25.9 Å². The molecule has 5 aromatic rings. The molecule has 46 heavy (non-hydrogen) atoms. The summed E-state index contributed by atoms with van der Waals surface area (Å²) < 4.78 is 62.4. The lowest BCUT2D eigenvalue weighted by Gasteiger charge is -2.25. The monoisotopic (exact) mass is 651 g/mol. The minimum Gasteiger partial charge on any atom is -0.435 e. The second-order valence-electron chi connectivity index (χ2n) is 10.8. The van der Waals surface area contributed by atoms with E-state index in [1.807, 2.05) is 54.6 Å². The third-order valence-electron chi connectivity index (χ3n) is 7.44. The Bertz CT molecular complexity index is 1610. The zero-order chi connectivity index (χ0) is 32.5. The number of unbranched alkanes of at least 4 members (excludes halogenated alkanes) is 1. The van der Waals surface area contributed by atoms with Gasteiger partial charge in [0.15, 0.2) is 0 Å². The molecule has 0 saturated carbocycles. The highest BCUT2D eigenvalue weighted by Gasteiger charge is 2.22. The number of nitrogens with zero attached hydrogens (tertiary/aromatic N) is 3. The standard InChI is InChI=1S/C36H34ClF4N3O2/c1-2-3-21-44-32(33(27-13-15-29(37)16-14-27)42-34(44)28-7-5-4-6-8-28)24-43(22-25-9-17-30(18-10-25)45-35(38)39)23-26-11-19-31(20-12-26)46-36(40)41/h4-20,35-36H,2-3,21-24H2,1H3. The maximum atomic E-state index is 12.8. The molecule has 5 nitrogen and oxygen atoms in total. The number of ether oxygens (including phenoxy) is 2. The van der Waals surface area contributed by atoms with Crippen molar-refractivity contribution in [1.29, 1.82) is 0 Å². The predicted molar refractivity (Wildman–Crippen MR) is 172 cm³/mol. The number of benzene rings is 4. The fraction of sp³-hybridized carbons (Fsp3) is 0.250. The molecule has 1 aromatic heterocycles. The lowest BCUT2D eigenvalue weighted by molar-refractivity contribution is -0.0505. The Kier molecular flexibility index (Phi) is 11.3. The van der Waals surface area contributed by atoms with Crippen LogP contribution < -0.4 is 9.47 Å². The van der Waals surface area contributed by atoms with Crippen molar-refractivity contribution in [3.8, 4) is 34.1 Å². The van der Waals surface area contributed by atoms with Crippen LogP contribution in [-0.4, -0.2) is 27.7 Å². The summed E-state index contributed by atoms with van der Waals surface area (Å²) in [5, 5.41) is 0.624. The zero-order valence-corrected chi connectivity index (χ0v) is 26.0. The molecule has 10 heteroatoms. The number of aromatic nitrogens is 2. The summed E-state index contributed by atoms with van der Waals surface area (Å²) in [6, 6.07) is 30.8. The molecule has 5 rings (SSSR count). The fourth-order valence-corrected chi connectivity index (χ4v) is 5.42. The largest absolute Gasteiger partial charge is 0.435 e. The van der Waals surface area contributed by atoms with Crippen LogP contribution in [0.2, 0.25) is 5.02 Å². The van der Waals surface area contributed by atoms with Gasteiger partial charge in [0.05, 0.1) is 11.4 Å². The maximum absolute atomic E-state index is 12.8. The van der Waals surface area contributed by atoms with Crippen molar-refractivity contribution < 1.29 is 27.0 Å². The quantitative estimate of drug-likeness (QED) is 0.106. The lowest BCUT2D eigenvalue weighted by atomic mass is 10.1. The first-order valence-corrected chi connectivity index (χ1v) is 15.4. The Labute approximate surface area is 271 Å². The number of imidazole rings is 1. The van der Waals surface area contributed by atoms with Crippen molar-refractivity contribution in [3.05, 3.63) is 125 Å². The highest BCUT2D eigenvalue weighted by Crippen LogP contribution is 2.33. The van der Waals surface area contributed by atoms with Gasteiger partial charge in [-0.1, -0.05) is 91.7 Å². The zero-order valence-electron chi connectivity index (χ0n) is 25.3. The normalized spacial score (nSPS) is 11.5. The van der Waals surface area contributed by atoms with Crippen LogP contribution in [0, 0.1) is 0 Å². The first kappa shape index (κ1) is 33.0. The van der Waals surface area contributed by atoms with E-state index in [0.717, 1.165) is 58.9 Å². The van der Waals surface area contributed by atoms with Crippen molar-refractivity contribution in [1.82, 2.24) is 14.5 Å². The number of hydrogen-bond donors (Lipinski definition) is 0. The average molecular weight is 652 g/mol. The predicted octanol–water partition coefficient (Wildman–Crippen LogP) is 10.1. The molecule has 0 unspecified atom stereocenters. The Morgan fingerprint density at radius 3 is 1.74 bits per heavy atom. The van der Waals surface area contributed by atoms with Gasteiger partial charge in [0.25, 0.3) is 0 Å². The van der Waals surface area contributed by atoms with Crippen LogP contribution in [0.3, 0.4) is 0 Å². The number of halogens is 5. The van der Waals surface area contributed by atoms with E-state index in [1.165, 1.54) is 24.3 Å². The van der Waals surface area contributed by atoms with Gasteiger partial charge in [-0.3, -0.25) is 4.90 Å². The minimum absolute atomic E-state index is 0.0788. The average Bonchev–Trinajstić information content (AvgIpc) is 3.39. The number of alkyl halides is 4. The number of rotatable bonds is 15. The molecule has 0 N–H and O–H groups in total. The van der Waals surface area contributed by atoms with Crippen LogP contribution >= 0.6 is 11.6 Å². The van der Waals surface area contributed by atoms with E-state index in [4.69, 9.17) is 16.6 Å². The molecule has 0 aliphatic carbocycles. The molecule has 0 fully saturated rings. The van der Waals surface area contributed by atoms with Crippen LogP contribution in [0.4, 0.5) is 17.6 Å². The third kappa shape index (κ3) is 8.89. The van der Waals surface area contributed by atoms with Crippen LogP contribution in [0.25, 0.3) is 22.6 Å². The van der Waals surface area contributed by atoms with Gasteiger partial charge < -0.3 is 14.0 Å². The van der Waals surface area contributed by atoms with Crippen molar-refractivity contribution in [2.24, 2.45) is 0 Å². The van der Waals surface area contributed by atoms with Crippen LogP contribution in [0.15, 0.2) is 103 Å². The van der Waals surface area contributed by atoms with Gasteiger partial charge >= 0.3 is 13.2 Å². The highest BCUT2D eigenvalue weighted by molar-refractivity contribution is 6.30. The van der Waals surface area contributed by atoms with E-state index < -0.39 is 13.2 Å².